The first kappa shape index (κ1) is 15.9. The fourth-order valence-corrected chi connectivity index (χ4v) is 4.20. The van der Waals surface area contributed by atoms with Crippen molar-refractivity contribution in [1.29, 1.82) is 0 Å². The first-order valence-corrected chi connectivity index (χ1v) is 8.77. The fourth-order valence-electron chi connectivity index (χ4n) is 3.11. The minimum absolute atomic E-state index is 0.0101. The molecule has 2 rings (SSSR count). The molecule has 4 nitrogen and oxygen atoms in total. The predicted octanol–water partition coefficient (Wildman–Crippen LogP) is 2.92. The molecule has 2 atom stereocenters. The van der Waals surface area contributed by atoms with Crippen molar-refractivity contribution in [2.24, 2.45) is 5.92 Å². The Morgan fingerprint density at radius 2 is 2.00 bits per heavy atom. The van der Waals surface area contributed by atoms with Gasteiger partial charge in [-0.05, 0) is 29.9 Å². The minimum atomic E-state index is -3.77. The number of sulfone groups is 1. The van der Waals surface area contributed by atoms with Crippen LogP contribution < -0.4 is 0 Å². The van der Waals surface area contributed by atoms with Crippen LogP contribution >= 0.6 is 0 Å². The van der Waals surface area contributed by atoms with E-state index in [1.54, 1.807) is 6.07 Å². The summed E-state index contributed by atoms with van der Waals surface area (Å²) in [5.74, 6) is -1.56. The Hall–Kier alpha value is -1.43. The molecule has 2 unspecified atom stereocenters. The molecule has 116 valence electrons. The van der Waals surface area contributed by atoms with E-state index in [9.17, 15) is 17.6 Å². The zero-order valence-electron chi connectivity index (χ0n) is 12.3. The van der Waals surface area contributed by atoms with Crippen LogP contribution in [0.1, 0.15) is 48.0 Å². The summed E-state index contributed by atoms with van der Waals surface area (Å²) >= 11 is 0. The van der Waals surface area contributed by atoms with E-state index in [1.165, 1.54) is 6.07 Å². The highest BCUT2D eigenvalue weighted by Crippen LogP contribution is 2.42. The van der Waals surface area contributed by atoms with Crippen LogP contribution in [0.15, 0.2) is 17.0 Å². The Morgan fingerprint density at radius 1 is 1.33 bits per heavy atom. The molecule has 0 aliphatic heterocycles. The van der Waals surface area contributed by atoms with Crippen LogP contribution in [0.2, 0.25) is 0 Å². The van der Waals surface area contributed by atoms with E-state index in [4.69, 9.17) is 0 Å². The Labute approximate surface area is 124 Å². The molecule has 6 heteroatoms. The van der Waals surface area contributed by atoms with Gasteiger partial charge in [0.2, 0.25) is 0 Å². The van der Waals surface area contributed by atoms with Crippen molar-refractivity contribution in [1.82, 2.24) is 0 Å². The second-order valence-electron chi connectivity index (χ2n) is 5.62. The van der Waals surface area contributed by atoms with E-state index in [0.717, 1.165) is 32.6 Å². The summed E-state index contributed by atoms with van der Waals surface area (Å²) in [4.78, 5) is 11.2. The summed E-state index contributed by atoms with van der Waals surface area (Å²) < 4.78 is 43.1. The number of benzene rings is 1. The van der Waals surface area contributed by atoms with E-state index in [0.29, 0.717) is 11.5 Å². The van der Waals surface area contributed by atoms with Crippen LogP contribution in [0.4, 0.5) is 4.39 Å². The number of hydrogen-bond donors (Lipinski definition) is 0. The summed E-state index contributed by atoms with van der Waals surface area (Å²) in [5.41, 5.74) is 0.139. The second kappa shape index (κ2) is 5.75. The predicted molar refractivity (Wildman–Crippen MR) is 76.6 cm³/mol. The lowest BCUT2D eigenvalue weighted by Crippen LogP contribution is -2.15. The topological polar surface area (TPSA) is 60.4 Å². The summed E-state index contributed by atoms with van der Waals surface area (Å²) in [5, 5.41) is 0. The highest BCUT2D eigenvalue weighted by Gasteiger charge is 2.33. The molecule has 0 radical (unpaired) electrons. The molecule has 1 aromatic rings. The Bertz CT molecular complexity index is 666. The maximum atomic E-state index is 14.6. The number of halogens is 1. The van der Waals surface area contributed by atoms with Gasteiger partial charge in [-0.1, -0.05) is 25.8 Å². The molecule has 0 bridgehead atoms. The summed E-state index contributed by atoms with van der Waals surface area (Å²) in [6.45, 7) is 2.04. The Kier molecular flexibility index (Phi) is 4.37. The van der Waals surface area contributed by atoms with Gasteiger partial charge in [-0.3, -0.25) is 0 Å². The lowest BCUT2D eigenvalue weighted by atomic mass is 9.89. The van der Waals surface area contributed by atoms with Gasteiger partial charge in [0, 0.05) is 6.26 Å². The van der Waals surface area contributed by atoms with Gasteiger partial charge in [-0.25, -0.2) is 17.6 Å². The van der Waals surface area contributed by atoms with E-state index >= 15 is 0 Å². The van der Waals surface area contributed by atoms with Crippen molar-refractivity contribution in [3.8, 4) is 0 Å². The molecule has 0 amide bonds. The first-order valence-electron chi connectivity index (χ1n) is 6.88. The SMILES string of the molecule is COC(=O)c1ccc(C2CCCC2C)c(S(C)(=O)=O)c1F. The summed E-state index contributed by atoms with van der Waals surface area (Å²) in [7, 11) is -2.64. The molecule has 0 aromatic heterocycles. The number of carbonyl (C=O) groups excluding carboxylic acids is 1. The van der Waals surface area contributed by atoms with Crippen LogP contribution in [0.3, 0.4) is 0 Å². The van der Waals surface area contributed by atoms with Gasteiger partial charge >= 0.3 is 5.97 Å². The largest absolute Gasteiger partial charge is 0.465 e. The zero-order valence-corrected chi connectivity index (χ0v) is 13.2. The smallest absolute Gasteiger partial charge is 0.340 e. The molecule has 0 N–H and O–H groups in total. The van der Waals surface area contributed by atoms with Crippen molar-refractivity contribution in [2.75, 3.05) is 13.4 Å². The highest BCUT2D eigenvalue weighted by molar-refractivity contribution is 7.90. The molecule has 21 heavy (non-hydrogen) atoms. The van der Waals surface area contributed by atoms with Crippen LogP contribution in [-0.2, 0) is 14.6 Å². The number of methoxy groups -OCH3 is 1. The molecule has 1 aliphatic carbocycles. The molecule has 0 saturated heterocycles. The average molecular weight is 314 g/mol. The number of carbonyl (C=O) groups is 1. The number of esters is 1. The van der Waals surface area contributed by atoms with Crippen LogP contribution in [0.25, 0.3) is 0 Å². The fraction of sp³-hybridized carbons (Fsp3) is 0.533. The molecule has 1 fully saturated rings. The quantitative estimate of drug-likeness (QED) is 0.805. The molecule has 0 heterocycles. The van der Waals surface area contributed by atoms with Crippen molar-refractivity contribution in [3.05, 3.63) is 29.1 Å². The van der Waals surface area contributed by atoms with E-state index < -0.39 is 21.6 Å². The van der Waals surface area contributed by atoms with Crippen molar-refractivity contribution in [2.45, 2.75) is 37.0 Å². The minimum Gasteiger partial charge on any atom is -0.465 e. The standard InChI is InChI=1S/C15H19FO4S/c1-9-5-4-6-10(9)11-7-8-12(15(17)20-2)13(16)14(11)21(3,18)19/h7-10H,4-6H2,1-3H3. The normalized spacial score (nSPS) is 22.3. The van der Waals surface area contributed by atoms with Gasteiger partial charge in [0.1, 0.15) is 4.90 Å². The third-order valence-electron chi connectivity index (χ3n) is 4.16. The van der Waals surface area contributed by atoms with Gasteiger partial charge in [0.05, 0.1) is 12.7 Å². The summed E-state index contributed by atoms with van der Waals surface area (Å²) in [6.07, 6.45) is 3.79. The lowest BCUT2D eigenvalue weighted by Gasteiger charge is -2.20. The van der Waals surface area contributed by atoms with Crippen molar-refractivity contribution in [3.63, 3.8) is 0 Å². The molecule has 1 aromatic carbocycles. The Morgan fingerprint density at radius 3 is 2.48 bits per heavy atom. The van der Waals surface area contributed by atoms with E-state index in [2.05, 4.69) is 4.74 Å². The average Bonchev–Trinajstić information content (AvgIpc) is 2.82. The molecule has 1 saturated carbocycles. The van der Waals surface area contributed by atoms with Gasteiger partial charge in [0.25, 0.3) is 0 Å². The lowest BCUT2D eigenvalue weighted by molar-refractivity contribution is 0.0594. The van der Waals surface area contributed by atoms with Gasteiger partial charge < -0.3 is 4.74 Å². The highest BCUT2D eigenvalue weighted by atomic mass is 32.2. The summed E-state index contributed by atoms with van der Waals surface area (Å²) in [6, 6.07) is 2.87. The zero-order chi connectivity index (χ0) is 15.8. The van der Waals surface area contributed by atoms with Gasteiger partial charge in [-0.15, -0.1) is 0 Å². The van der Waals surface area contributed by atoms with Crippen LogP contribution in [0, 0.1) is 11.7 Å². The first-order chi connectivity index (χ1) is 9.77. The van der Waals surface area contributed by atoms with Gasteiger partial charge in [-0.2, -0.15) is 0 Å². The number of hydrogen-bond acceptors (Lipinski definition) is 4. The maximum Gasteiger partial charge on any atom is 0.340 e. The number of rotatable bonds is 3. The molecular weight excluding hydrogens is 295 g/mol. The van der Waals surface area contributed by atoms with Crippen molar-refractivity contribution < 1.29 is 22.3 Å². The van der Waals surface area contributed by atoms with Gasteiger partial charge in [0.15, 0.2) is 15.7 Å². The Balaban J connectivity index is 2.67. The number of ether oxygens (including phenoxy) is 1. The van der Waals surface area contributed by atoms with Crippen LogP contribution in [-0.4, -0.2) is 27.8 Å². The third-order valence-corrected chi connectivity index (χ3v) is 5.32. The maximum absolute atomic E-state index is 14.6. The van der Waals surface area contributed by atoms with Crippen LogP contribution in [0.5, 0.6) is 0 Å². The molecule has 0 spiro atoms. The second-order valence-corrected chi connectivity index (χ2v) is 7.58. The monoisotopic (exact) mass is 314 g/mol. The third kappa shape index (κ3) is 2.95. The van der Waals surface area contributed by atoms with E-state index in [1.807, 2.05) is 6.92 Å². The molecule has 1 aliphatic rings. The van der Waals surface area contributed by atoms with E-state index in [-0.39, 0.29) is 16.4 Å². The molecular formula is C15H19FO4S. The van der Waals surface area contributed by atoms with Crippen molar-refractivity contribution >= 4 is 15.8 Å².